The van der Waals surface area contributed by atoms with E-state index >= 15 is 0 Å². The minimum Gasteiger partial charge on any atom is -0.497 e. The molecule has 1 fully saturated rings. The summed E-state index contributed by atoms with van der Waals surface area (Å²) in [5, 5.41) is 2.18. The molecular formula is C23H27ClN2O6S. The first kappa shape index (κ1) is 25.0. The third-order valence-electron chi connectivity index (χ3n) is 4.80. The minimum atomic E-state index is -0.784. The number of β-lactam (4-membered cyclic amide) rings is 1. The van der Waals surface area contributed by atoms with Gasteiger partial charge < -0.3 is 19.5 Å². The molecule has 1 aromatic carbocycles. The van der Waals surface area contributed by atoms with Crippen molar-refractivity contribution in [3.05, 3.63) is 53.3 Å². The molecule has 1 N–H and O–H groups in total. The zero-order valence-electron chi connectivity index (χ0n) is 18.9. The molecule has 33 heavy (non-hydrogen) atoms. The van der Waals surface area contributed by atoms with Crippen molar-refractivity contribution >= 4 is 41.3 Å². The average Bonchev–Trinajstić information content (AvgIpc) is 2.78. The molecule has 0 aliphatic carbocycles. The van der Waals surface area contributed by atoms with Crippen molar-refractivity contribution in [3.8, 4) is 5.75 Å². The Kier molecular flexibility index (Phi) is 7.97. The maximum Gasteiger partial charge on any atom is 0.408 e. The van der Waals surface area contributed by atoms with Crippen molar-refractivity contribution in [2.45, 2.75) is 44.4 Å². The molecule has 178 valence electrons. The number of amides is 2. The number of carbonyl (C=O) groups excluding carboxylic acids is 3. The summed E-state index contributed by atoms with van der Waals surface area (Å²) in [6.07, 6.45) is 2.75. The number of esters is 1. The topological polar surface area (TPSA) is 94.2 Å². The van der Waals surface area contributed by atoms with Gasteiger partial charge in [-0.05, 0) is 44.0 Å². The predicted octanol–water partition coefficient (Wildman–Crippen LogP) is 3.60. The second kappa shape index (κ2) is 10.5. The number of benzene rings is 1. The van der Waals surface area contributed by atoms with E-state index in [-0.39, 0.29) is 18.2 Å². The standard InChI is InChI=1S/C23H27ClN2O6S/c1-23(2,3)32-22(29)25-17-19(27)26-18(15(6-5-11-24)13-33-20(17)26)21(28)31-12-14-7-9-16(30-4)10-8-14/h5-10,17,20H,11-13H2,1-4H3,(H,25,29)/b6-5+/t17-,20-/m1/s1. The monoisotopic (exact) mass is 494 g/mol. The number of hydrogen-bond acceptors (Lipinski definition) is 7. The fraction of sp³-hybridized carbons (Fsp3) is 0.435. The van der Waals surface area contributed by atoms with Crippen LogP contribution in [0.1, 0.15) is 26.3 Å². The Balaban J connectivity index is 1.74. The highest BCUT2D eigenvalue weighted by Crippen LogP contribution is 2.41. The number of nitrogens with zero attached hydrogens (tertiary/aromatic N) is 1. The maximum absolute atomic E-state index is 13.0. The lowest BCUT2D eigenvalue weighted by atomic mass is 10.0. The van der Waals surface area contributed by atoms with E-state index < -0.39 is 35.0 Å². The molecule has 0 saturated carbocycles. The second-order valence-electron chi connectivity index (χ2n) is 8.39. The number of carbonyl (C=O) groups is 3. The van der Waals surface area contributed by atoms with Crippen molar-refractivity contribution in [2.75, 3.05) is 18.7 Å². The highest BCUT2D eigenvalue weighted by Gasteiger charge is 2.54. The molecule has 0 spiro atoms. The van der Waals surface area contributed by atoms with Gasteiger partial charge >= 0.3 is 12.1 Å². The molecule has 8 nitrogen and oxygen atoms in total. The second-order valence-corrected chi connectivity index (χ2v) is 9.80. The summed E-state index contributed by atoms with van der Waals surface area (Å²) >= 11 is 7.21. The largest absolute Gasteiger partial charge is 0.497 e. The van der Waals surface area contributed by atoms with E-state index in [9.17, 15) is 14.4 Å². The van der Waals surface area contributed by atoms with Gasteiger partial charge in [0.1, 0.15) is 35.1 Å². The lowest BCUT2D eigenvalue weighted by Gasteiger charge is -2.49. The number of alkyl halides is 1. The van der Waals surface area contributed by atoms with E-state index in [1.165, 1.54) is 16.7 Å². The van der Waals surface area contributed by atoms with E-state index in [4.69, 9.17) is 25.8 Å². The summed E-state index contributed by atoms with van der Waals surface area (Å²) in [5.74, 6) is 0.410. The van der Waals surface area contributed by atoms with Crippen molar-refractivity contribution < 1.29 is 28.6 Å². The van der Waals surface area contributed by atoms with Crippen LogP contribution in [0.2, 0.25) is 0 Å². The fourth-order valence-corrected chi connectivity index (χ4v) is 4.73. The Morgan fingerprint density at radius 3 is 2.58 bits per heavy atom. The molecule has 2 aliphatic rings. The van der Waals surface area contributed by atoms with E-state index in [2.05, 4.69) is 5.32 Å². The van der Waals surface area contributed by atoms with Crippen LogP contribution in [0, 0.1) is 0 Å². The quantitative estimate of drug-likeness (QED) is 0.351. The van der Waals surface area contributed by atoms with Crippen LogP contribution in [0.3, 0.4) is 0 Å². The molecular weight excluding hydrogens is 468 g/mol. The van der Waals surface area contributed by atoms with Crippen LogP contribution in [0.15, 0.2) is 47.7 Å². The van der Waals surface area contributed by atoms with Crippen LogP contribution in [-0.2, 0) is 25.7 Å². The number of halogens is 1. The molecule has 2 amide bonds. The van der Waals surface area contributed by atoms with E-state index in [0.29, 0.717) is 17.1 Å². The molecule has 3 rings (SSSR count). The summed E-state index contributed by atoms with van der Waals surface area (Å²) in [7, 11) is 1.57. The minimum absolute atomic E-state index is 0.0399. The lowest BCUT2D eigenvalue weighted by Crippen LogP contribution is -2.70. The van der Waals surface area contributed by atoms with Crippen LogP contribution in [0.5, 0.6) is 5.75 Å². The molecule has 2 aliphatic heterocycles. The van der Waals surface area contributed by atoms with Gasteiger partial charge in [0.15, 0.2) is 0 Å². The number of thioether (sulfide) groups is 1. The molecule has 1 aromatic rings. The van der Waals surface area contributed by atoms with E-state index in [1.54, 1.807) is 64.3 Å². The number of allylic oxidation sites excluding steroid dienone is 2. The van der Waals surface area contributed by atoms with Gasteiger partial charge in [0.05, 0.1) is 7.11 Å². The fourth-order valence-electron chi connectivity index (χ4n) is 3.32. The first-order valence-electron chi connectivity index (χ1n) is 10.3. The Morgan fingerprint density at radius 1 is 1.27 bits per heavy atom. The normalized spacial score (nSPS) is 20.3. The average molecular weight is 495 g/mol. The van der Waals surface area contributed by atoms with Crippen molar-refractivity contribution in [3.63, 3.8) is 0 Å². The van der Waals surface area contributed by atoms with Crippen molar-refractivity contribution in [1.29, 1.82) is 0 Å². The summed E-state index contributed by atoms with van der Waals surface area (Å²) in [4.78, 5) is 39.5. The van der Waals surface area contributed by atoms with Gasteiger partial charge in [0.2, 0.25) is 0 Å². The molecule has 2 heterocycles. The predicted molar refractivity (Wildman–Crippen MR) is 126 cm³/mol. The highest BCUT2D eigenvalue weighted by molar-refractivity contribution is 8.00. The van der Waals surface area contributed by atoms with E-state index in [0.717, 1.165) is 5.56 Å². The zero-order valence-corrected chi connectivity index (χ0v) is 20.5. The first-order valence-corrected chi connectivity index (χ1v) is 11.9. The molecule has 1 saturated heterocycles. The third kappa shape index (κ3) is 6.03. The zero-order chi connectivity index (χ0) is 24.2. The van der Waals surface area contributed by atoms with Crippen LogP contribution in [0.4, 0.5) is 4.79 Å². The number of hydrogen-bond donors (Lipinski definition) is 1. The van der Waals surface area contributed by atoms with E-state index in [1.807, 2.05) is 0 Å². The van der Waals surface area contributed by atoms with Crippen LogP contribution in [0.25, 0.3) is 0 Å². The molecule has 0 aromatic heterocycles. The van der Waals surface area contributed by atoms with Gasteiger partial charge in [0, 0.05) is 11.6 Å². The Morgan fingerprint density at radius 2 is 1.97 bits per heavy atom. The first-order chi connectivity index (χ1) is 15.6. The number of ether oxygens (including phenoxy) is 3. The summed E-state index contributed by atoms with van der Waals surface area (Å²) in [5.41, 5.74) is 0.900. The SMILES string of the molecule is COc1ccc(COC(=O)C2=C(/C=C/CCl)CS[C@@H]3[C@H](NC(=O)OC(C)(C)C)C(=O)N23)cc1. The van der Waals surface area contributed by atoms with Gasteiger partial charge in [-0.2, -0.15) is 0 Å². The van der Waals surface area contributed by atoms with Gasteiger partial charge in [-0.3, -0.25) is 9.69 Å². The van der Waals surface area contributed by atoms with Gasteiger partial charge in [0.25, 0.3) is 5.91 Å². The third-order valence-corrected chi connectivity index (χ3v) is 6.28. The smallest absolute Gasteiger partial charge is 0.408 e. The maximum atomic E-state index is 13.0. The molecule has 10 heteroatoms. The highest BCUT2D eigenvalue weighted by atomic mass is 35.5. The van der Waals surface area contributed by atoms with Crippen LogP contribution < -0.4 is 10.1 Å². The molecule has 0 bridgehead atoms. The summed E-state index contributed by atoms with van der Waals surface area (Å²) in [6, 6.07) is 6.35. The Hall–Kier alpha value is -2.65. The number of rotatable bonds is 7. The molecule has 0 radical (unpaired) electrons. The summed E-state index contributed by atoms with van der Waals surface area (Å²) in [6.45, 7) is 5.27. The number of fused-ring (bicyclic) bond motifs is 1. The number of methoxy groups -OCH3 is 1. The van der Waals surface area contributed by atoms with Crippen LogP contribution in [-0.4, -0.2) is 58.6 Å². The molecule has 0 unspecified atom stereocenters. The van der Waals surface area contributed by atoms with Gasteiger partial charge in [-0.1, -0.05) is 24.3 Å². The Bertz CT molecular complexity index is 970. The number of nitrogens with one attached hydrogen (secondary N) is 1. The molecule has 2 atom stereocenters. The van der Waals surface area contributed by atoms with Crippen LogP contribution >= 0.6 is 23.4 Å². The van der Waals surface area contributed by atoms with Gasteiger partial charge in [-0.25, -0.2) is 9.59 Å². The lowest BCUT2D eigenvalue weighted by molar-refractivity contribution is -0.152. The summed E-state index contributed by atoms with van der Waals surface area (Å²) < 4.78 is 15.9. The van der Waals surface area contributed by atoms with Gasteiger partial charge in [-0.15, -0.1) is 23.4 Å². The van der Waals surface area contributed by atoms with Crippen molar-refractivity contribution in [1.82, 2.24) is 10.2 Å². The van der Waals surface area contributed by atoms with Crippen molar-refractivity contribution in [2.24, 2.45) is 0 Å². The number of alkyl carbamates (subject to hydrolysis) is 1. The Labute approximate surface area is 202 Å².